The van der Waals surface area contributed by atoms with E-state index in [1.165, 1.54) is 16.8 Å². The van der Waals surface area contributed by atoms with Gasteiger partial charge in [0.05, 0.1) is 17.5 Å². The highest BCUT2D eigenvalue weighted by Gasteiger charge is 2.49. The lowest BCUT2D eigenvalue weighted by Gasteiger charge is -2.40. The molecule has 176 valence electrons. The third-order valence-corrected chi connectivity index (χ3v) is 7.16. The molecule has 4 rings (SSSR count). The van der Waals surface area contributed by atoms with E-state index in [1.807, 2.05) is 0 Å². The van der Waals surface area contributed by atoms with Crippen molar-refractivity contribution in [2.75, 3.05) is 6.54 Å². The van der Waals surface area contributed by atoms with Crippen molar-refractivity contribution in [1.82, 2.24) is 25.5 Å². The summed E-state index contributed by atoms with van der Waals surface area (Å²) >= 11 is 0. The lowest BCUT2D eigenvalue weighted by atomic mass is 9.70. The fraction of sp³-hybridized carbons (Fsp3) is 0.682. The Hall–Kier alpha value is -2.10. The van der Waals surface area contributed by atoms with Crippen LogP contribution in [0.2, 0.25) is 0 Å². The van der Waals surface area contributed by atoms with E-state index in [0.29, 0.717) is 17.9 Å². The Morgan fingerprint density at radius 1 is 1.12 bits per heavy atom. The number of aromatic nitrogens is 4. The zero-order valence-corrected chi connectivity index (χ0v) is 18.4. The maximum Gasteiger partial charge on any atom is 0.397 e. The van der Waals surface area contributed by atoms with Crippen molar-refractivity contribution in [3.8, 4) is 0 Å². The summed E-state index contributed by atoms with van der Waals surface area (Å²) in [5.74, 6) is -2.32. The van der Waals surface area contributed by atoms with Gasteiger partial charge in [-0.2, -0.15) is 13.2 Å². The van der Waals surface area contributed by atoms with Gasteiger partial charge in [0.1, 0.15) is 0 Å². The van der Waals surface area contributed by atoms with Crippen LogP contribution in [0.15, 0.2) is 24.3 Å². The zero-order valence-electron chi connectivity index (χ0n) is 18.4. The van der Waals surface area contributed by atoms with Gasteiger partial charge in [-0.1, -0.05) is 37.6 Å². The minimum absolute atomic E-state index is 0.123. The second-order valence-corrected chi connectivity index (χ2v) is 10.1. The van der Waals surface area contributed by atoms with E-state index in [9.17, 15) is 22.0 Å². The van der Waals surface area contributed by atoms with Crippen LogP contribution in [0, 0.1) is 5.41 Å². The minimum Gasteiger partial charge on any atom is -0.303 e. The average molecular weight is 457 g/mol. The topological polar surface area (TPSA) is 55.6 Å². The SMILES string of the molecule is CC1(CNC(c2ccc(C(C)(C)C(F)(F)F)cc2)c2nnnn2C2CC(F)(F)C2)CCC1. The van der Waals surface area contributed by atoms with E-state index < -0.39 is 29.6 Å². The van der Waals surface area contributed by atoms with Gasteiger partial charge in [-0.05, 0) is 53.7 Å². The molecule has 0 aliphatic heterocycles. The molecule has 1 N–H and O–H groups in total. The van der Waals surface area contributed by atoms with E-state index in [1.54, 1.807) is 12.1 Å². The Balaban J connectivity index is 1.63. The van der Waals surface area contributed by atoms with Crippen LogP contribution in [-0.4, -0.2) is 38.9 Å². The summed E-state index contributed by atoms with van der Waals surface area (Å²) in [4.78, 5) is 0. The van der Waals surface area contributed by atoms with E-state index >= 15 is 0 Å². The Labute approximate surface area is 183 Å². The Morgan fingerprint density at radius 3 is 2.25 bits per heavy atom. The summed E-state index contributed by atoms with van der Waals surface area (Å²) in [6.07, 6.45) is -1.73. The van der Waals surface area contributed by atoms with Crippen molar-refractivity contribution in [2.24, 2.45) is 5.41 Å². The third kappa shape index (κ3) is 4.25. The van der Waals surface area contributed by atoms with Gasteiger partial charge in [-0.3, -0.25) is 0 Å². The van der Waals surface area contributed by atoms with Gasteiger partial charge in [0.2, 0.25) is 0 Å². The average Bonchev–Trinajstić information content (AvgIpc) is 3.13. The molecular formula is C22H28F5N5. The van der Waals surface area contributed by atoms with Crippen LogP contribution in [-0.2, 0) is 5.41 Å². The molecule has 0 radical (unpaired) electrons. The molecule has 0 spiro atoms. The quantitative estimate of drug-likeness (QED) is 0.570. The van der Waals surface area contributed by atoms with Crippen molar-refractivity contribution in [3.63, 3.8) is 0 Å². The molecule has 0 saturated heterocycles. The molecule has 2 aromatic rings. The van der Waals surface area contributed by atoms with Gasteiger partial charge in [0, 0.05) is 19.4 Å². The Kier molecular flexibility index (Phi) is 5.58. The summed E-state index contributed by atoms with van der Waals surface area (Å²) in [6.45, 7) is 5.13. The number of nitrogens with one attached hydrogen (secondary N) is 1. The predicted octanol–water partition coefficient (Wildman–Crippen LogP) is 5.35. The monoisotopic (exact) mass is 457 g/mol. The molecular weight excluding hydrogens is 429 g/mol. The molecule has 2 fully saturated rings. The van der Waals surface area contributed by atoms with Gasteiger partial charge >= 0.3 is 6.18 Å². The van der Waals surface area contributed by atoms with Gasteiger partial charge in [-0.25, -0.2) is 13.5 Å². The van der Waals surface area contributed by atoms with Gasteiger partial charge in [0.15, 0.2) is 5.82 Å². The number of nitrogens with zero attached hydrogens (tertiary/aromatic N) is 4. The van der Waals surface area contributed by atoms with E-state index in [2.05, 4.69) is 27.8 Å². The third-order valence-electron chi connectivity index (χ3n) is 7.16. The second kappa shape index (κ2) is 7.74. The van der Waals surface area contributed by atoms with Gasteiger partial charge < -0.3 is 5.32 Å². The highest BCUT2D eigenvalue weighted by molar-refractivity contribution is 5.33. The minimum atomic E-state index is -4.38. The highest BCUT2D eigenvalue weighted by atomic mass is 19.4. The first-order chi connectivity index (χ1) is 14.8. The summed E-state index contributed by atoms with van der Waals surface area (Å²) in [5.41, 5.74) is -1.03. The maximum absolute atomic E-state index is 13.5. The fourth-order valence-electron chi connectivity index (χ4n) is 4.37. The summed E-state index contributed by atoms with van der Waals surface area (Å²) in [7, 11) is 0. The molecule has 0 bridgehead atoms. The summed E-state index contributed by atoms with van der Waals surface area (Å²) in [6, 6.07) is 5.19. The van der Waals surface area contributed by atoms with E-state index in [0.717, 1.165) is 33.1 Å². The first kappa shape index (κ1) is 23.1. The van der Waals surface area contributed by atoms with Crippen LogP contribution >= 0.6 is 0 Å². The van der Waals surface area contributed by atoms with Crippen molar-refractivity contribution < 1.29 is 22.0 Å². The zero-order chi connectivity index (χ0) is 23.4. The van der Waals surface area contributed by atoms with Crippen LogP contribution < -0.4 is 5.32 Å². The number of tetrazole rings is 1. The first-order valence-electron chi connectivity index (χ1n) is 10.9. The van der Waals surface area contributed by atoms with E-state index in [4.69, 9.17) is 0 Å². The number of alkyl halides is 5. The summed E-state index contributed by atoms with van der Waals surface area (Å²) < 4.78 is 68.7. The number of benzene rings is 1. The Morgan fingerprint density at radius 2 is 1.75 bits per heavy atom. The second-order valence-electron chi connectivity index (χ2n) is 10.1. The van der Waals surface area contributed by atoms with Crippen LogP contribution in [0.1, 0.15) is 81.9 Å². The van der Waals surface area contributed by atoms with Crippen LogP contribution in [0.5, 0.6) is 0 Å². The van der Waals surface area contributed by atoms with Crippen molar-refractivity contribution in [2.45, 2.75) is 82.5 Å². The molecule has 5 nitrogen and oxygen atoms in total. The van der Waals surface area contributed by atoms with E-state index in [-0.39, 0.29) is 23.8 Å². The Bertz CT molecular complexity index is 938. The fourth-order valence-corrected chi connectivity index (χ4v) is 4.37. The molecule has 0 amide bonds. The van der Waals surface area contributed by atoms with Gasteiger partial charge in [-0.15, -0.1) is 5.10 Å². The van der Waals surface area contributed by atoms with Gasteiger partial charge in [0.25, 0.3) is 5.92 Å². The molecule has 10 heteroatoms. The van der Waals surface area contributed by atoms with Crippen molar-refractivity contribution >= 4 is 0 Å². The lowest BCUT2D eigenvalue weighted by Crippen LogP contribution is -2.42. The molecule has 1 heterocycles. The van der Waals surface area contributed by atoms with Crippen molar-refractivity contribution in [1.29, 1.82) is 0 Å². The highest BCUT2D eigenvalue weighted by Crippen LogP contribution is 2.46. The van der Waals surface area contributed by atoms with Crippen LogP contribution in [0.3, 0.4) is 0 Å². The largest absolute Gasteiger partial charge is 0.397 e. The predicted molar refractivity (Wildman–Crippen MR) is 108 cm³/mol. The molecule has 2 saturated carbocycles. The number of halogens is 5. The normalized spacial score (nSPS) is 21.6. The van der Waals surface area contributed by atoms with Crippen LogP contribution in [0.25, 0.3) is 0 Å². The standard InChI is InChI=1S/C22H28F5N5/c1-19(2,22(25,26)27)15-7-5-14(6-8-15)17(28-13-20(3)9-4-10-20)18-29-30-31-32(18)16-11-21(23,24)12-16/h5-8,16-17,28H,4,9-13H2,1-3H3. The first-order valence-corrected chi connectivity index (χ1v) is 10.9. The molecule has 1 aromatic carbocycles. The maximum atomic E-state index is 13.5. The molecule has 1 atom stereocenters. The summed E-state index contributed by atoms with van der Waals surface area (Å²) in [5, 5.41) is 15.2. The number of hydrogen-bond acceptors (Lipinski definition) is 4. The molecule has 1 unspecified atom stereocenters. The number of rotatable bonds is 7. The lowest BCUT2D eigenvalue weighted by molar-refractivity contribution is -0.180. The molecule has 2 aliphatic rings. The van der Waals surface area contributed by atoms with Crippen molar-refractivity contribution in [3.05, 3.63) is 41.2 Å². The number of hydrogen-bond donors (Lipinski definition) is 1. The smallest absolute Gasteiger partial charge is 0.303 e. The van der Waals surface area contributed by atoms with Crippen LogP contribution in [0.4, 0.5) is 22.0 Å². The molecule has 2 aliphatic carbocycles. The molecule has 32 heavy (non-hydrogen) atoms. The molecule has 1 aromatic heterocycles.